The zero-order valence-electron chi connectivity index (χ0n) is 11.5. The van der Waals surface area contributed by atoms with Crippen molar-refractivity contribution in [3.8, 4) is 0 Å². The minimum atomic E-state index is -0.846. The molecular formula is C14H21NO4. The van der Waals surface area contributed by atoms with Crippen LogP contribution >= 0.6 is 0 Å². The van der Waals surface area contributed by atoms with E-state index in [1.165, 1.54) is 0 Å². The molecule has 1 unspecified atom stereocenters. The molecule has 1 aliphatic carbocycles. The normalized spacial score (nSPS) is 39.8. The number of aliphatic carboxylic acids is 1. The summed E-state index contributed by atoms with van der Waals surface area (Å²) in [5, 5.41) is 9.17. The molecule has 0 radical (unpaired) electrons. The molecule has 0 aromatic rings. The average molecular weight is 267 g/mol. The highest BCUT2D eigenvalue weighted by Gasteiger charge is 2.67. The molecule has 19 heavy (non-hydrogen) atoms. The standard InChI is InChI=1S/C14H21NO4/c1-13(2)9(10(13)12(17)18)11(16)15-5-3-14(7-15)4-6-19-8-14/h9-10H,3-8H2,1-2H3,(H,17,18)/t9-,10+,14?/m1/s1. The van der Waals surface area contributed by atoms with Crippen molar-refractivity contribution in [2.75, 3.05) is 26.3 Å². The van der Waals surface area contributed by atoms with E-state index in [4.69, 9.17) is 9.84 Å². The van der Waals surface area contributed by atoms with Gasteiger partial charge in [-0.1, -0.05) is 13.8 Å². The van der Waals surface area contributed by atoms with Crippen molar-refractivity contribution in [1.82, 2.24) is 4.90 Å². The number of carbonyl (C=O) groups is 2. The first-order valence-corrected chi connectivity index (χ1v) is 6.97. The molecule has 2 aliphatic heterocycles. The molecule has 106 valence electrons. The van der Waals surface area contributed by atoms with Crippen LogP contribution in [0.1, 0.15) is 26.7 Å². The van der Waals surface area contributed by atoms with Gasteiger partial charge in [-0.25, -0.2) is 0 Å². The van der Waals surface area contributed by atoms with Gasteiger partial charge < -0.3 is 14.7 Å². The van der Waals surface area contributed by atoms with E-state index in [1.54, 1.807) is 0 Å². The third-order valence-electron chi connectivity index (χ3n) is 5.29. The molecule has 0 aromatic heterocycles. The third-order valence-corrected chi connectivity index (χ3v) is 5.29. The molecule has 3 atom stereocenters. The maximum atomic E-state index is 12.5. The second kappa shape index (κ2) is 3.95. The SMILES string of the molecule is CC1(C)[C@H](C(=O)O)[C@@H]1C(=O)N1CCC2(CCOC2)C1. The fourth-order valence-corrected chi connectivity index (χ4v) is 3.85. The van der Waals surface area contributed by atoms with Gasteiger partial charge in [0.1, 0.15) is 0 Å². The third kappa shape index (κ3) is 1.86. The lowest BCUT2D eigenvalue weighted by molar-refractivity contribution is -0.141. The van der Waals surface area contributed by atoms with Crippen molar-refractivity contribution in [2.45, 2.75) is 26.7 Å². The Morgan fingerprint density at radius 1 is 1.26 bits per heavy atom. The van der Waals surface area contributed by atoms with Crippen LogP contribution in [-0.4, -0.2) is 48.2 Å². The van der Waals surface area contributed by atoms with Crippen LogP contribution in [-0.2, 0) is 14.3 Å². The second-order valence-corrected chi connectivity index (χ2v) is 6.93. The number of carboxylic acid groups (broad SMARTS) is 1. The Balaban J connectivity index is 1.68. The monoisotopic (exact) mass is 267 g/mol. The minimum absolute atomic E-state index is 0.0289. The number of carboxylic acids is 1. The molecule has 1 saturated carbocycles. The van der Waals surface area contributed by atoms with E-state index < -0.39 is 17.3 Å². The molecule has 5 heteroatoms. The molecule has 3 fully saturated rings. The van der Waals surface area contributed by atoms with Gasteiger partial charge in [-0.15, -0.1) is 0 Å². The summed E-state index contributed by atoms with van der Waals surface area (Å²) in [6.45, 7) is 6.77. The Morgan fingerprint density at radius 2 is 2.00 bits per heavy atom. The molecule has 1 N–H and O–H groups in total. The molecule has 3 aliphatic rings. The first-order valence-electron chi connectivity index (χ1n) is 6.97. The minimum Gasteiger partial charge on any atom is -0.481 e. The molecular weight excluding hydrogens is 246 g/mol. The van der Waals surface area contributed by atoms with E-state index in [0.29, 0.717) is 0 Å². The summed E-state index contributed by atoms with van der Waals surface area (Å²) in [4.78, 5) is 25.5. The summed E-state index contributed by atoms with van der Waals surface area (Å²) in [6.07, 6.45) is 2.01. The predicted molar refractivity (Wildman–Crippen MR) is 67.5 cm³/mol. The topological polar surface area (TPSA) is 66.8 Å². The Hall–Kier alpha value is -1.10. The van der Waals surface area contributed by atoms with E-state index in [1.807, 2.05) is 18.7 Å². The fraction of sp³-hybridized carbons (Fsp3) is 0.857. The zero-order valence-corrected chi connectivity index (χ0v) is 11.5. The maximum absolute atomic E-state index is 12.5. The first kappa shape index (κ1) is 12.9. The lowest BCUT2D eigenvalue weighted by Gasteiger charge is -2.22. The summed E-state index contributed by atoms with van der Waals surface area (Å²) in [6, 6.07) is 0. The molecule has 0 aromatic carbocycles. The number of carbonyl (C=O) groups excluding carboxylic acids is 1. The lowest BCUT2D eigenvalue weighted by atomic mass is 9.87. The van der Waals surface area contributed by atoms with Crippen LogP contribution in [0.4, 0.5) is 0 Å². The molecule has 3 rings (SSSR count). The van der Waals surface area contributed by atoms with E-state index >= 15 is 0 Å². The maximum Gasteiger partial charge on any atom is 0.307 e. The number of likely N-dealkylation sites (tertiary alicyclic amines) is 1. The van der Waals surface area contributed by atoms with Gasteiger partial charge in [0.2, 0.25) is 5.91 Å². The Kier molecular flexibility index (Phi) is 2.68. The Morgan fingerprint density at radius 3 is 2.53 bits per heavy atom. The van der Waals surface area contributed by atoms with Gasteiger partial charge in [0, 0.05) is 25.1 Å². The summed E-state index contributed by atoms with van der Waals surface area (Å²) in [7, 11) is 0. The smallest absolute Gasteiger partial charge is 0.307 e. The van der Waals surface area contributed by atoms with Gasteiger partial charge in [0.25, 0.3) is 0 Å². The summed E-state index contributed by atoms with van der Waals surface area (Å²) in [5.41, 5.74) is -0.252. The van der Waals surface area contributed by atoms with Crippen LogP contribution in [0.2, 0.25) is 0 Å². The van der Waals surface area contributed by atoms with Crippen molar-refractivity contribution >= 4 is 11.9 Å². The molecule has 2 saturated heterocycles. The fourth-order valence-electron chi connectivity index (χ4n) is 3.85. The van der Waals surface area contributed by atoms with Gasteiger partial charge >= 0.3 is 5.97 Å². The lowest BCUT2D eigenvalue weighted by Crippen LogP contribution is -2.34. The Labute approximate surface area is 112 Å². The van der Waals surface area contributed by atoms with Gasteiger partial charge in [-0.3, -0.25) is 9.59 Å². The highest BCUT2D eigenvalue weighted by atomic mass is 16.5. The van der Waals surface area contributed by atoms with Crippen molar-refractivity contribution in [2.24, 2.45) is 22.7 Å². The second-order valence-electron chi connectivity index (χ2n) is 6.93. The van der Waals surface area contributed by atoms with E-state index in [-0.39, 0.29) is 17.2 Å². The van der Waals surface area contributed by atoms with Gasteiger partial charge in [0.05, 0.1) is 18.4 Å². The van der Waals surface area contributed by atoms with E-state index in [2.05, 4.69) is 0 Å². The number of amides is 1. The number of hydrogen-bond donors (Lipinski definition) is 1. The van der Waals surface area contributed by atoms with Crippen LogP contribution in [0.3, 0.4) is 0 Å². The van der Waals surface area contributed by atoms with E-state index in [0.717, 1.165) is 39.1 Å². The predicted octanol–water partition coefficient (Wildman–Crippen LogP) is 0.982. The van der Waals surface area contributed by atoms with Crippen LogP contribution in [0.25, 0.3) is 0 Å². The number of rotatable bonds is 2. The van der Waals surface area contributed by atoms with Crippen molar-refractivity contribution in [3.05, 3.63) is 0 Å². The largest absolute Gasteiger partial charge is 0.481 e. The van der Waals surface area contributed by atoms with Gasteiger partial charge in [0.15, 0.2) is 0 Å². The highest BCUT2D eigenvalue weighted by Crippen LogP contribution is 2.59. The molecule has 5 nitrogen and oxygen atoms in total. The van der Waals surface area contributed by atoms with Crippen LogP contribution in [0.15, 0.2) is 0 Å². The quantitative estimate of drug-likeness (QED) is 0.810. The molecule has 1 spiro atoms. The van der Waals surface area contributed by atoms with Crippen molar-refractivity contribution in [3.63, 3.8) is 0 Å². The Bertz CT molecular complexity index is 425. The van der Waals surface area contributed by atoms with Crippen LogP contribution in [0.5, 0.6) is 0 Å². The summed E-state index contributed by atoms with van der Waals surface area (Å²) >= 11 is 0. The highest BCUT2D eigenvalue weighted by molar-refractivity contribution is 5.91. The zero-order chi connectivity index (χ0) is 13.8. The molecule has 1 amide bonds. The number of nitrogens with zero attached hydrogens (tertiary/aromatic N) is 1. The number of hydrogen-bond acceptors (Lipinski definition) is 3. The average Bonchev–Trinajstić information content (AvgIpc) is 2.77. The van der Waals surface area contributed by atoms with Gasteiger partial charge in [-0.05, 0) is 18.3 Å². The van der Waals surface area contributed by atoms with Crippen LogP contribution in [0, 0.1) is 22.7 Å². The molecule has 0 bridgehead atoms. The first-order chi connectivity index (χ1) is 8.87. The molecule has 2 heterocycles. The van der Waals surface area contributed by atoms with E-state index in [9.17, 15) is 9.59 Å². The van der Waals surface area contributed by atoms with Crippen LogP contribution < -0.4 is 0 Å². The van der Waals surface area contributed by atoms with Crippen molar-refractivity contribution < 1.29 is 19.4 Å². The summed E-state index contributed by atoms with van der Waals surface area (Å²) < 4.78 is 5.45. The number of ether oxygens (including phenoxy) is 1. The summed E-state index contributed by atoms with van der Waals surface area (Å²) in [5.74, 6) is -1.68. The van der Waals surface area contributed by atoms with Gasteiger partial charge in [-0.2, -0.15) is 0 Å². The van der Waals surface area contributed by atoms with Crippen molar-refractivity contribution in [1.29, 1.82) is 0 Å².